The van der Waals surface area contributed by atoms with Crippen molar-refractivity contribution in [3.8, 4) is 51.1 Å². The van der Waals surface area contributed by atoms with E-state index >= 15 is 8.78 Å². The highest BCUT2D eigenvalue weighted by molar-refractivity contribution is 6.03. The summed E-state index contributed by atoms with van der Waals surface area (Å²) in [5, 5.41) is 17.8. The molecule has 2 heterocycles. The highest BCUT2D eigenvalue weighted by atomic mass is 19.1. The van der Waals surface area contributed by atoms with Crippen LogP contribution in [0.3, 0.4) is 0 Å². The molecule has 6 rings (SSSR count). The Labute approximate surface area is 268 Å². The first kappa shape index (κ1) is 30.7. The van der Waals surface area contributed by atoms with Crippen LogP contribution in [0.4, 0.5) is 8.78 Å². The van der Waals surface area contributed by atoms with Crippen LogP contribution in [0.5, 0.6) is 28.9 Å². The van der Waals surface area contributed by atoms with E-state index < -0.39 is 29.2 Å². The zero-order valence-electron chi connectivity index (χ0n) is 25.0. The van der Waals surface area contributed by atoms with E-state index in [1.54, 1.807) is 24.3 Å². The number of amides is 1. The Kier molecular flexibility index (Phi) is 8.23. The maximum Gasteiger partial charge on any atom is 0.260 e. The van der Waals surface area contributed by atoms with Crippen molar-refractivity contribution in [3.05, 3.63) is 119 Å². The quantitative estimate of drug-likeness (QED) is 0.113. The molecule has 1 aliphatic rings. The number of phenols is 1. The molecular weight excluding hydrogens is 606 g/mol. The van der Waals surface area contributed by atoms with E-state index in [2.05, 4.69) is 9.98 Å². The second-order valence-corrected chi connectivity index (χ2v) is 10.7. The van der Waals surface area contributed by atoms with E-state index in [9.17, 15) is 9.90 Å². The predicted molar refractivity (Wildman–Crippen MR) is 173 cm³/mol. The van der Waals surface area contributed by atoms with Gasteiger partial charge in [-0.2, -0.15) is 4.39 Å². The molecule has 236 valence electrons. The first-order chi connectivity index (χ1) is 22.6. The number of hydrogen-bond acceptors (Lipinski definition) is 8. The first-order valence-electron chi connectivity index (χ1n) is 14.4. The number of amidine groups is 2. The minimum absolute atomic E-state index is 0.129. The molecule has 0 aliphatic carbocycles. The number of nitrogen functional groups attached to an aromatic ring is 1. The molecule has 1 aromatic heterocycles. The zero-order chi connectivity index (χ0) is 33.2. The number of pyridine rings is 1. The molecule has 6 N–H and O–H groups in total. The monoisotopic (exact) mass is 634 g/mol. The minimum Gasteiger partial charge on any atom is -0.504 e. The van der Waals surface area contributed by atoms with Crippen LogP contribution >= 0.6 is 0 Å². The van der Waals surface area contributed by atoms with Gasteiger partial charge in [0.2, 0.25) is 17.5 Å². The number of halogens is 2. The number of carbonyl (C=O) groups is 1. The van der Waals surface area contributed by atoms with E-state index in [-0.39, 0.29) is 28.6 Å². The van der Waals surface area contributed by atoms with Gasteiger partial charge in [0.1, 0.15) is 17.4 Å². The molecule has 0 spiro atoms. The van der Waals surface area contributed by atoms with E-state index in [0.717, 1.165) is 22.9 Å². The molecule has 0 fully saturated rings. The van der Waals surface area contributed by atoms with Crippen molar-refractivity contribution in [2.45, 2.75) is 0 Å². The zero-order valence-corrected chi connectivity index (χ0v) is 25.0. The predicted octanol–water partition coefficient (Wildman–Crippen LogP) is 6.06. The van der Waals surface area contributed by atoms with Gasteiger partial charge >= 0.3 is 0 Å². The lowest BCUT2D eigenvalue weighted by molar-refractivity contribution is 0.100. The van der Waals surface area contributed by atoms with Gasteiger partial charge in [-0.05, 0) is 58.7 Å². The van der Waals surface area contributed by atoms with Gasteiger partial charge in [0.25, 0.3) is 5.88 Å². The number of carbonyl (C=O) groups excluding carboxylic acids is 1. The summed E-state index contributed by atoms with van der Waals surface area (Å²) in [6, 6.07) is 23.7. The van der Waals surface area contributed by atoms with E-state index in [1.165, 1.54) is 18.2 Å². The number of primary amides is 1. The molecule has 0 atom stereocenters. The number of rotatable bonds is 9. The van der Waals surface area contributed by atoms with Gasteiger partial charge in [-0.25, -0.2) is 9.37 Å². The van der Waals surface area contributed by atoms with Crippen LogP contribution < -0.4 is 20.9 Å². The number of aromatic hydroxyl groups is 1. The van der Waals surface area contributed by atoms with Crippen molar-refractivity contribution in [1.82, 2.24) is 9.88 Å². The summed E-state index contributed by atoms with van der Waals surface area (Å²) >= 11 is 0. The molecule has 0 bridgehead atoms. The number of aliphatic imine (C=N–C) groups is 1. The number of aromatic nitrogens is 1. The third kappa shape index (κ3) is 6.16. The third-order valence-electron chi connectivity index (χ3n) is 7.59. The summed E-state index contributed by atoms with van der Waals surface area (Å²) in [5.74, 6) is -4.49. The Hall–Kier alpha value is -6.30. The molecule has 12 heteroatoms. The summed E-state index contributed by atoms with van der Waals surface area (Å²) in [7, 11) is 1.86. The van der Waals surface area contributed by atoms with Gasteiger partial charge < -0.3 is 30.9 Å². The molecule has 4 aromatic carbocycles. The lowest BCUT2D eigenvalue weighted by atomic mass is 9.96. The Morgan fingerprint density at radius 3 is 2.32 bits per heavy atom. The highest BCUT2D eigenvalue weighted by Gasteiger charge is 2.25. The lowest BCUT2D eigenvalue weighted by Gasteiger charge is -2.19. The van der Waals surface area contributed by atoms with Crippen molar-refractivity contribution in [2.24, 2.45) is 16.5 Å². The van der Waals surface area contributed by atoms with Crippen LogP contribution in [0.15, 0.2) is 96.1 Å². The van der Waals surface area contributed by atoms with E-state index in [1.807, 2.05) is 54.4 Å². The van der Waals surface area contributed by atoms with Gasteiger partial charge in [-0.3, -0.25) is 15.2 Å². The Bertz CT molecular complexity index is 2070. The highest BCUT2D eigenvalue weighted by Crippen LogP contribution is 2.39. The van der Waals surface area contributed by atoms with Crippen LogP contribution in [-0.2, 0) is 0 Å². The van der Waals surface area contributed by atoms with Gasteiger partial charge in [0.05, 0.1) is 18.3 Å². The maximum absolute atomic E-state index is 15.7. The summed E-state index contributed by atoms with van der Waals surface area (Å²) < 4.78 is 42.1. The fraction of sp³-hybridized carbons (Fsp3) is 0.0857. The number of nitrogens with zero attached hydrogens (tertiary/aromatic N) is 3. The Morgan fingerprint density at radius 1 is 0.894 bits per heavy atom. The second kappa shape index (κ2) is 12.6. The van der Waals surface area contributed by atoms with Crippen molar-refractivity contribution >= 4 is 17.6 Å². The summed E-state index contributed by atoms with van der Waals surface area (Å²) in [5.41, 5.74) is 15.4. The smallest absolute Gasteiger partial charge is 0.260 e. The van der Waals surface area contributed by atoms with Gasteiger partial charge in [0.15, 0.2) is 17.3 Å². The molecule has 1 amide bonds. The Morgan fingerprint density at radius 2 is 1.62 bits per heavy atom. The molecule has 0 radical (unpaired) electrons. The minimum atomic E-state index is -1.25. The summed E-state index contributed by atoms with van der Waals surface area (Å²) in [6.45, 7) is 1.17. The van der Waals surface area contributed by atoms with Crippen molar-refractivity contribution in [2.75, 3.05) is 20.1 Å². The molecule has 5 aromatic rings. The normalized spacial score (nSPS) is 12.5. The van der Waals surface area contributed by atoms with Crippen LogP contribution in [-0.4, -0.2) is 52.7 Å². The number of hydrogen-bond donors (Lipinski definition) is 4. The molecule has 0 saturated heterocycles. The lowest BCUT2D eigenvalue weighted by Crippen LogP contribution is -2.24. The fourth-order valence-corrected chi connectivity index (χ4v) is 5.16. The number of likely N-dealkylation sites (N-methyl/N-ethyl adjacent to an activating group) is 1. The summed E-state index contributed by atoms with van der Waals surface area (Å²) in [4.78, 5) is 22.1. The van der Waals surface area contributed by atoms with Crippen LogP contribution in [0.25, 0.3) is 22.3 Å². The molecular formula is C35H28F2N6O4. The molecule has 47 heavy (non-hydrogen) atoms. The number of nitrogens with one attached hydrogen (secondary N) is 1. The SMILES string of the molecule is CN1CCN=C1c1cc(-c2ccc(-c3ccccc3C(N)=O)cc2)ccc1Oc1c(F)cnc(Oc2cc(C(=N)N)ccc2O)c1F. The van der Waals surface area contributed by atoms with E-state index in [0.29, 0.717) is 35.6 Å². The third-order valence-corrected chi connectivity index (χ3v) is 7.59. The fourth-order valence-electron chi connectivity index (χ4n) is 5.16. The second-order valence-electron chi connectivity index (χ2n) is 10.7. The van der Waals surface area contributed by atoms with Crippen LogP contribution in [0.2, 0.25) is 0 Å². The largest absolute Gasteiger partial charge is 0.504 e. The van der Waals surface area contributed by atoms with Gasteiger partial charge in [0, 0.05) is 24.7 Å². The van der Waals surface area contributed by atoms with Gasteiger partial charge in [-0.15, -0.1) is 0 Å². The Balaban J connectivity index is 1.35. The molecule has 0 unspecified atom stereocenters. The number of phenolic OH excluding ortho intramolecular Hbond substituents is 1. The maximum atomic E-state index is 15.7. The van der Waals surface area contributed by atoms with Gasteiger partial charge in [-0.1, -0.05) is 48.5 Å². The topological polar surface area (TPSA) is 160 Å². The van der Waals surface area contributed by atoms with Crippen LogP contribution in [0.1, 0.15) is 21.5 Å². The molecule has 10 nitrogen and oxygen atoms in total. The van der Waals surface area contributed by atoms with Crippen LogP contribution in [0, 0.1) is 17.0 Å². The number of benzene rings is 4. The molecule has 1 aliphatic heterocycles. The van der Waals surface area contributed by atoms with E-state index in [4.69, 9.17) is 26.4 Å². The average Bonchev–Trinajstić information content (AvgIpc) is 3.50. The van der Waals surface area contributed by atoms with Crippen molar-refractivity contribution in [1.29, 1.82) is 5.41 Å². The first-order valence-corrected chi connectivity index (χ1v) is 14.4. The number of nitrogens with two attached hydrogens (primary N) is 2. The van der Waals surface area contributed by atoms with Crippen molar-refractivity contribution in [3.63, 3.8) is 0 Å². The molecule has 0 saturated carbocycles. The average molecular weight is 635 g/mol. The standard InChI is InChI=1S/C35H28F2N6O4/c1-43-15-14-41-34(43)25-16-21(19-6-8-20(9-7-19)23-4-2-3-5-24(23)33(40)45)11-13-28(25)46-31-26(36)18-42-35(30(31)37)47-29-17-22(32(38)39)10-12-27(29)44/h2-13,16-18,44H,14-15H2,1H3,(H3,38,39)(H2,40,45). The van der Waals surface area contributed by atoms with Crippen molar-refractivity contribution < 1.29 is 28.2 Å². The number of ether oxygens (including phenoxy) is 2. The summed E-state index contributed by atoms with van der Waals surface area (Å²) in [6.07, 6.45) is 0.741.